The van der Waals surface area contributed by atoms with Gasteiger partial charge < -0.3 is 19.5 Å². The van der Waals surface area contributed by atoms with Crippen molar-refractivity contribution in [2.45, 2.75) is 26.8 Å². The van der Waals surface area contributed by atoms with Gasteiger partial charge in [0.2, 0.25) is 0 Å². The maximum Gasteiger partial charge on any atom is 0.273 e. The van der Waals surface area contributed by atoms with Crippen LogP contribution in [-0.2, 0) is 0 Å². The quantitative estimate of drug-likeness (QED) is 0.435. The molecule has 2 N–H and O–H groups in total. The first-order valence-electron chi connectivity index (χ1n) is 11.2. The van der Waals surface area contributed by atoms with Crippen LogP contribution in [0, 0.1) is 13.8 Å². The second kappa shape index (κ2) is 9.47. The van der Waals surface area contributed by atoms with Gasteiger partial charge in [0.1, 0.15) is 23.7 Å². The molecule has 7 nitrogen and oxygen atoms in total. The lowest BCUT2D eigenvalue weighted by molar-refractivity contribution is 0.0764. The molecule has 176 valence electrons. The van der Waals surface area contributed by atoms with Crippen LogP contribution in [0.15, 0.2) is 55.6 Å². The van der Waals surface area contributed by atoms with Gasteiger partial charge in [-0.15, -0.1) is 6.58 Å². The van der Waals surface area contributed by atoms with E-state index in [0.717, 1.165) is 16.7 Å². The van der Waals surface area contributed by atoms with Crippen LogP contribution in [-0.4, -0.2) is 45.9 Å². The molecule has 0 fully saturated rings. The predicted octanol–water partition coefficient (Wildman–Crippen LogP) is 5.09. The van der Waals surface area contributed by atoms with Gasteiger partial charge in [0.05, 0.1) is 12.6 Å². The van der Waals surface area contributed by atoms with E-state index in [1.54, 1.807) is 17.1 Å². The Hall–Kier alpha value is -4.00. The average molecular weight is 460 g/mol. The molecule has 2 heterocycles. The number of aryl methyl sites for hydroxylation is 2. The van der Waals surface area contributed by atoms with Crippen LogP contribution >= 0.6 is 0 Å². The van der Waals surface area contributed by atoms with Gasteiger partial charge in [-0.1, -0.05) is 30.9 Å². The molecule has 4 rings (SSSR count). The number of phenols is 1. The smallest absolute Gasteiger partial charge is 0.273 e. The van der Waals surface area contributed by atoms with Gasteiger partial charge in [-0.2, -0.15) is 5.10 Å². The Kier molecular flexibility index (Phi) is 6.45. The van der Waals surface area contributed by atoms with Crippen molar-refractivity contribution in [3.8, 4) is 28.5 Å². The first-order valence-corrected chi connectivity index (χ1v) is 11.2. The van der Waals surface area contributed by atoms with Crippen LogP contribution in [0.2, 0.25) is 0 Å². The summed E-state index contributed by atoms with van der Waals surface area (Å²) in [4.78, 5) is 15.1. The lowest BCUT2D eigenvalue weighted by Crippen LogP contribution is -2.29. The average Bonchev–Trinajstić information content (AvgIpc) is 3.35. The molecule has 0 bridgehead atoms. The Labute approximate surface area is 199 Å². The number of nitrogens with one attached hydrogen (secondary N) is 1. The summed E-state index contributed by atoms with van der Waals surface area (Å²) < 4.78 is 11.6. The number of aromatic hydroxyl groups is 1. The standard InChI is InChI=1S/C27H29N3O4/c1-6-11-30-25(18-9-10-20(34-12-7-2)21(15-18)33-8-3)22-23(28-29-24(22)27(30)32)19-14-16(4)13-17(5)26(19)31/h6-7,9-10,13-15,25,31H,1-2,8,11-12H2,3-5H3,(H,28,29). The lowest BCUT2D eigenvalue weighted by Gasteiger charge is -2.26. The number of hydrogen-bond acceptors (Lipinski definition) is 5. The summed E-state index contributed by atoms with van der Waals surface area (Å²) in [6.45, 7) is 14.4. The SMILES string of the molecule is C=CCOc1ccc(C2c3c(-c4cc(C)cc(C)c4O)n[nH]c3C(=O)N2CC=C)cc1OCC. The van der Waals surface area contributed by atoms with Crippen LogP contribution < -0.4 is 9.47 Å². The largest absolute Gasteiger partial charge is 0.507 e. The number of carbonyl (C=O) groups excluding carboxylic acids is 1. The number of fused-ring (bicyclic) bond motifs is 1. The molecule has 1 aliphatic rings. The number of ether oxygens (including phenoxy) is 2. The highest BCUT2D eigenvalue weighted by Crippen LogP contribution is 2.46. The van der Waals surface area contributed by atoms with Crippen LogP contribution in [0.4, 0.5) is 0 Å². The van der Waals surface area contributed by atoms with E-state index >= 15 is 0 Å². The van der Waals surface area contributed by atoms with E-state index in [1.165, 1.54) is 0 Å². The van der Waals surface area contributed by atoms with Crippen molar-refractivity contribution in [3.63, 3.8) is 0 Å². The van der Waals surface area contributed by atoms with E-state index < -0.39 is 6.04 Å². The van der Waals surface area contributed by atoms with E-state index in [2.05, 4.69) is 23.4 Å². The fraction of sp³-hybridized carbons (Fsp3) is 0.259. The summed E-state index contributed by atoms with van der Waals surface area (Å²) in [5.41, 5.74) is 4.85. The summed E-state index contributed by atoms with van der Waals surface area (Å²) in [6.07, 6.45) is 3.37. The number of rotatable bonds is 9. The highest BCUT2D eigenvalue weighted by molar-refractivity contribution is 6.00. The highest BCUT2D eigenvalue weighted by Gasteiger charge is 2.42. The van der Waals surface area contributed by atoms with Gasteiger partial charge >= 0.3 is 0 Å². The number of amides is 1. The third-order valence-electron chi connectivity index (χ3n) is 5.83. The van der Waals surface area contributed by atoms with Gasteiger partial charge in [0.15, 0.2) is 11.5 Å². The number of nitrogens with zero attached hydrogens (tertiary/aromatic N) is 2. The molecule has 1 unspecified atom stereocenters. The fourth-order valence-corrected chi connectivity index (χ4v) is 4.45. The van der Waals surface area contributed by atoms with Crippen molar-refractivity contribution in [3.05, 3.63) is 83.6 Å². The summed E-state index contributed by atoms with van der Waals surface area (Å²) in [5, 5.41) is 18.2. The van der Waals surface area contributed by atoms with E-state index in [0.29, 0.717) is 53.8 Å². The molecule has 0 saturated heterocycles. The number of aromatic nitrogens is 2. The van der Waals surface area contributed by atoms with Crippen molar-refractivity contribution in [1.82, 2.24) is 15.1 Å². The van der Waals surface area contributed by atoms with Crippen LogP contribution in [0.25, 0.3) is 11.3 Å². The molecule has 1 amide bonds. The molecule has 1 aromatic heterocycles. The zero-order valence-corrected chi connectivity index (χ0v) is 19.7. The minimum atomic E-state index is -0.442. The first-order chi connectivity index (χ1) is 16.4. The number of hydrogen-bond donors (Lipinski definition) is 2. The molecule has 1 aliphatic heterocycles. The highest BCUT2D eigenvalue weighted by atomic mass is 16.5. The minimum absolute atomic E-state index is 0.149. The van der Waals surface area contributed by atoms with Gasteiger partial charge in [-0.25, -0.2) is 0 Å². The third kappa shape index (κ3) is 3.94. The van der Waals surface area contributed by atoms with Crippen LogP contribution in [0.5, 0.6) is 17.2 Å². The monoisotopic (exact) mass is 459 g/mol. The van der Waals surface area contributed by atoms with Crippen molar-refractivity contribution in [2.24, 2.45) is 0 Å². The maximum atomic E-state index is 13.3. The normalized spacial score (nSPS) is 14.7. The molecule has 3 aromatic rings. The summed E-state index contributed by atoms with van der Waals surface area (Å²) >= 11 is 0. The number of phenolic OH excluding ortho intramolecular Hbond substituents is 1. The van der Waals surface area contributed by atoms with Crippen molar-refractivity contribution in [1.29, 1.82) is 0 Å². The lowest BCUT2D eigenvalue weighted by atomic mass is 9.94. The first kappa shape index (κ1) is 23.2. The Balaban J connectivity index is 1.90. The van der Waals surface area contributed by atoms with Crippen LogP contribution in [0.3, 0.4) is 0 Å². The second-order valence-electron chi connectivity index (χ2n) is 8.23. The molecular weight excluding hydrogens is 430 g/mol. The maximum absolute atomic E-state index is 13.3. The number of H-pyrrole nitrogens is 1. The Morgan fingerprint density at radius 1 is 1.15 bits per heavy atom. The molecular formula is C27H29N3O4. The van der Waals surface area contributed by atoms with Gasteiger partial charge in [0.25, 0.3) is 5.91 Å². The zero-order valence-electron chi connectivity index (χ0n) is 19.7. The summed E-state index contributed by atoms with van der Waals surface area (Å²) in [5.74, 6) is 1.16. The summed E-state index contributed by atoms with van der Waals surface area (Å²) in [6, 6.07) is 9.00. The molecule has 2 aromatic carbocycles. The van der Waals surface area contributed by atoms with E-state index in [-0.39, 0.29) is 11.7 Å². The predicted molar refractivity (Wildman–Crippen MR) is 132 cm³/mol. The molecule has 0 aliphatic carbocycles. The molecule has 34 heavy (non-hydrogen) atoms. The zero-order chi connectivity index (χ0) is 24.4. The van der Waals surface area contributed by atoms with Gasteiger partial charge in [-0.3, -0.25) is 9.89 Å². The fourth-order valence-electron chi connectivity index (χ4n) is 4.45. The second-order valence-corrected chi connectivity index (χ2v) is 8.23. The van der Waals surface area contributed by atoms with E-state index in [4.69, 9.17) is 9.47 Å². The molecule has 0 radical (unpaired) electrons. The summed E-state index contributed by atoms with van der Waals surface area (Å²) in [7, 11) is 0. The molecule has 0 saturated carbocycles. The topological polar surface area (TPSA) is 87.7 Å². The Morgan fingerprint density at radius 3 is 2.65 bits per heavy atom. The van der Waals surface area contributed by atoms with Gasteiger partial charge in [-0.05, 0) is 55.7 Å². The number of carbonyl (C=O) groups is 1. The van der Waals surface area contributed by atoms with E-state index in [9.17, 15) is 9.90 Å². The molecule has 1 atom stereocenters. The van der Waals surface area contributed by atoms with Crippen molar-refractivity contribution in [2.75, 3.05) is 19.8 Å². The van der Waals surface area contributed by atoms with Gasteiger partial charge in [0, 0.05) is 17.7 Å². The minimum Gasteiger partial charge on any atom is -0.507 e. The Bertz CT molecular complexity index is 1260. The molecule has 0 spiro atoms. The number of benzene rings is 2. The third-order valence-corrected chi connectivity index (χ3v) is 5.83. The van der Waals surface area contributed by atoms with Crippen molar-refractivity contribution >= 4 is 5.91 Å². The van der Waals surface area contributed by atoms with Crippen molar-refractivity contribution < 1.29 is 19.4 Å². The Morgan fingerprint density at radius 2 is 1.94 bits per heavy atom. The van der Waals surface area contributed by atoms with E-state index in [1.807, 2.05) is 51.1 Å². The number of aromatic amines is 1. The molecule has 7 heteroatoms. The van der Waals surface area contributed by atoms with Crippen LogP contribution in [0.1, 0.15) is 45.7 Å².